The van der Waals surface area contributed by atoms with Gasteiger partial charge in [0.05, 0.1) is 0 Å². The Labute approximate surface area is 94.2 Å². The quantitative estimate of drug-likeness (QED) is 0.779. The van der Waals surface area contributed by atoms with Crippen LogP contribution in [0.2, 0.25) is 0 Å². The average molecular weight is 254 g/mol. The lowest BCUT2D eigenvalue weighted by Gasteiger charge is -2.42. The Morgan fingerprint density at radius 2 is 2.29 bits per heavy atom. The number of benzene rings is 1. The van der Waals surface area contributed by atoms with Crippen molar-refractivity contribution in [1.82, 2.24) is 0 Å². The second-order valence-corrected chi connectivity index (χ2v) is 4.87. The molecule has 2 rings (SSSR count). The fourth-order valence-corrected chi connectivity index (χ4v) is 2.40. The van der Waals surface area contributed by atoms with Gasteiger partial charge < -0.3 is 4.90 Å². The molecular formula is C12H16BrN. The Balaban J connectivity index is 2.32. The van der Waals surface area contributed by atoms with Crippen molar-refractivity contribution in [3.05, 3.63) is 28.2 Å². The molecule has 0 radical (unpaired) electrons. The molecular weight excluding hydrogens is 238 g/mol. The molecule has 0 aliphatic carbocycles. The molecule has 1 aliphatic heterocycles. The van der Waals surface area contributed by atoms with E-state index in [-0.39, 0.29) is 0 Å². The van der Waals surface area contributed by atoms with Gasteiger partial charge in [0, 0.05) is 22.7 Å². The van der Waals surface area contributed by atoms with Crippen LogP contribution in [0.15, 0.2) is 22.7 Å². The van der Waals surface area contributed by atoms with E-state index in [9.17, 15) is 0 Å². The molecule has 1 fully saturated rings. The maximum atomic E-state index is 3.52. The lowest BCUT2D eigenvalue weighted by atomic mass is 10.0. The molecule has 1 aromatic rings. The van der Waals surface area contributed by atoms with Crippen molar-refractivity contribution in [3.8, 4) is 0 Å². The smallest absolute Gasteiger partial charge is 0.0401 e. The molecule has 0 N–H and O–H groups in total. The summed E-state index contributed by atoms with van der Waals surface area (Å²) in [6.07, 6.45) is 2.44. The first-order valence-corrected chi connectivity index (χ1v) is 6.06. The summed E-state index contributed by atoms with van der Waals surface area (Å²) in [5.41, 5.74) is 2.88. The highest BCUT2D eigenvalue weighted by Gasteiger charge is 2.24. The minimum atomic E-state index is 0.724. The second-order valence-electron chi connectivity index (χ2n) is 3.96. The number of halogens is 1. The molecule has 1 atom stereocenters. The zero-order valence-corrected chi connectivity index (χ0v) is 10.3. The summed E-state index contributed by atoms with van der Waals surface area (Å²) in [7, 11) is 0. The zero-order chi connectivity index (χ0) is 10.1. The Hall–Kier alpha value is -0.500. The first-order chi connectivity index (χ1) is 6.72. The van der Waals surface area contributed by atoms with Gasteiger partial charge in [-0.3, -0.25) is 0 Å². The van der Waals surface area contributed by atoms with Crippen molar-refractivity contribution in [2.24, 2.45) is 0 Å². The number of aryl methyl sites for hydroxylation is 1. The number of hydrogen-bond acceptors (Lipinski definition) is 1. The van der Waals surface area contributed by atoms with E-state index in [1.807, 2.05) is 0 Å². The van der Waals surface area contributed by atoms with Crippen LogP contribution in [0.4, 0.5) is 5.69 Å². The first kappa shape index (κ1) is 10.0. The fourth-order valence-electron chi connectivity index (χ4n) is 1.99. The molecule has 1 saturated heterocycles. The molecule has 1 aliphatic rings. The molecule has 14 heavy (non-hydrogen) atoms. The summed E-state index contributed by atoms with van der Waals surface area (Å²) >= 11 is 3.52. The minimum absolute atomic E-state index is 0.724. The molecule has 1 unspecified atom stereocenters. The molecule has 0 bridgehead atoms. The Morgan fingerprint density at radius 1 is 1.50 bits per heavy atom. The first-order valence-electron chi connectivity index (χ1n) is 5.27. The SMILES string of the molecule is CCc1cc(Br)ccc1N1CCC1C. The molecule has 0 spiro atoms. The van der Waals surface area contributed by atoms with E-state index in [4.69, 9.17) is 0 Å². The molecule has 1 heterocycles. The van der Waals surface area contributed by atoms with E-state index in [0.29, 0.717) is 0 Å². The normalized spacial score (nSPS) is 20.8. The highest BCUT2D eigenvalue weighted by atomic mass is 79.9. The van der Waals surface area contributed by atoms with Crippen molar-refractivity contribution >= 4 is 21.6 Å². The van der Waals surface area contributed by atoms with Crippen LogP contribution < -0.4 is 4.90 Å². The summed E-state index contributed by atoms with van der Waals surface area (Å²) in [5, 5.41) is 0. The largest absolute Gasteiger partial charge is 0.368 e. The zero-order valence-electron chi connectivity index (χ0n) is 8.76. The lowest BCUT2D eigenvalue weighted by Crippen LogP contribution is -2.46. The molecule has 2 heteroatoms. The molecule has 76 valence electrons. The van der Waals surface area contributed by atoms with Gasteiger partial charge in [-0.15, -0.1) is 0 Å². The van der Waals surface area contributed by atoms with Gasteiger partial charge in [-0.05, 0) is 43.5 Å². The van der Waals surface area contributed by atoms with Crippen LogP contribution >= 0.6 is 15.9 Å². The monoisotopic (exact) mass is 253 g/mol. The topological polar surface area (TPSA) is 3.24 Å². The van der Waals surface area contributed by atoms with Crippen LogP contribution in [0.25, 0.3) is 0 Å². The van der Waals surface area contributed by atoms with Gasteiger partial charge in [-0.25, -0.2) is 0 Å². The van der Waals surface area contributed by atoms with Crippen molar-refractivity contribution in [3.63, 3.8) is 0 Å². The molecule has 0 amide bonds. The van der Waals surface area contributed by atoms with Gasteiger partial charge in [0.1, 0.15) is 0 Å². The van der Waals surface area contributed by atoms with Gasteiger partial charge >= 0.3 is 0 Å². The van der Waals surface area contributed by atoms with Crippen molar-refractivity contribution in [1.29, 1.82) is 0 Å². The molecule has 0 saturated carbocycles. The number of anilines is 1. The van der Waals surface area contributed by atoms with Gasteiger partial charge in [0.2, 0.25) is 0 Å². The standard InChI is InChI=1S/C12H16BrN/c1-3-10-8-11(13)4-5-12(10)14-7-6-9(14)2/h4-5,8-9H,3,6-7H2,1-2H3. The van der Waals surface area contributed by atoms with Gasteiger partial charge in [-0.2, -0.15) is 0 Å². The number of hydrogen-bond donors (Lipinski definition) is 0. The third-order valence-corrected chi connectivity index (χ3v) is 3.54. The predicted molar refractivity (Wildman–Crippen MR) is 64.9 cm³/mol. The molecule has 1 nitrogen and oxygen atoms in total. The maximum Gasteiger partial charge on any atom is 0.0401 e. The summed E-state index contributed by atoms with van der Waals surface area (Å²) in [6.45, 7) is 5.73. The maximum absolute atomic E-state index is 3.52. The van der Waals surface area contributed by atoms with Crippen molar-refractivity contribution < 1.29 is 0 Å². The minimum Gasteiger partial charge on any atom is -0.368 e. The summed E-state index contributed by atoms with van der Waals surface area (Å²) in [4.78, 5) is 2.49. The van der Waals surface area contributed by atoms with Gasteiger partial charge in [-0.1, -0.05) is 22.9 Å². The molecule has 1 aromatic carbocycles. The van der Waals surface area contributed by atoms with E-state index in [2.05, 4.69) is 52.9 Å². The third kappa shape index (κ3) is 1.68. The predicted octanol–water partition coefficient (Wildman–Crippen LogP) is 3.61. The summed E-state index contributed by atoms with van der Waals surface area (Å²) in [6, 6.07) is 7.33. The van der Waals surface area contributed by atoms with Crippen LogP contribution in [-0.2, 0) is 6.42 Å². The van der Waals surface area contributed by atoms with Crippen LogP contribution in [-0.4, -0.2) is 12.6 Å². The van der Waals surface area contributed by atoms with E-state index in [1.165, 1.54) is 28.7 Å². The van der Waals surface area contributed by atoms with Crippen LogP contribution in [0, 0.1) is 0 Å². The molecule has 0 aromatic heterocycles. The fraction of sp³-hybridized carbons (Fsp3) is 0.500. The lowest BCUT2D eigenvalue weighted by molar-refractivity contribution is 0.480. The summed E-state index contributed by atoms with van der Waals surface area (Å²) < 4.78 is 1.19. The van der Waals surface area contributed by atoms with E-state index < -0.39 is 0 Å². The Bertz CT molecular complexity index is 335. The number of nitrogens with zero attached hydrogens (tertiary/aromatic N) is 1. The Kier molecular flexibility index (Phi) is 2.82. The number of rotatable bonds is 2. The van der Waals surface area contributed by atoms with Gasteiger partial charge in [0.15, 0.2) is 0 Å². The third-order valence-electron chi connectivity index (χ3n) is 3.05. The second kappa shape index (κ2) is 3.93. The van der Waals surface area contributed by atoms with E-state index in [1.54, 1.807) is 0 Å². The Morgan fingerprint density at radius 3 is 2.79 bits per heavy atom. The van der Waals surface area contributed by atoms with Gasteiger partial charge in [0.25, 0.3) is 0 Å². The van der Waals surface area contributed by atoms with E-state index >= 15 is 0 Å². The van der Waals surface area contributed by atoms with Crippen molar-refractivity contribution in [2.45, 2.75) is 32.7 Å². The van der Waals surface area contributed by atoms with E-state index in [0.717, 1.165) is 12.5 Å². The van der Waals surface area contributed by atoms with Crippen LogP contribution in [0.5, 0.6) is 0 Å². The highest BCUT2D eigenvalue weighted by Crippen LogP contribution is 2.31. The van der Waals surface area contributed by atoms with Crippen molar-refractivity contribution in [2.75, 3.05) is 11.4 Å². The average Bonchev–Trinajstić information content (AvgIpc) is 2.18. The summed E-state index contributed by atoms with van der Waals surface area (Å²) in [5.74, 6) is 0. The van der Waals surface area contributed by atoms with Crippen LogP contribution in [0.3, 0.4) is 0 Å². The van der Waals surface area contributed by atoms with Crippen LogP contribution in [0.1, 0.15) is 25.8 Å². The highest BCUT2D eigenvalue weighted by molar-refractivity contribution is 9.10.